The third-order valence-electron chi connectivity index (χ3n) is 4.54. The van der Waals surface area contributed by atoms with Gasteiger partial charge in [-0.15, -0.1) is 12.3 Å². The number of amides is 1. The second-order valence-corrected chi connectivity index (χ2v) is 6.51. The molecule has 2 aliphatic rings. The number of nitrogens with zero attached hydrogens (tertiary/aromatic N) is 2. The van der Waals surface area contributed by atoms with Crippen molar-refractivity contribution in [1.29, 1.82) is 0 Å². The highest BCUT2D eigenvalue weighted by atomic mass is 16.1. The topological polar surface area (TPSA) is 53.8 Å². The molecule has 1 heterocycles. The highest BCUT2D eigenvalue weighted by molar-refractivity contribution is 5.76. The van der Waals surface area contributed by atoms with Crippen LogP contribution >= 0.6 is 0 Å². The maximum atomic E-state index is 11.9. The Hall–Kier alpha value is -2.15. The van der Waals surface area contributed by atoms with Crippen molar-refractivity contribution < 1.29 is 4.79 Å². The van der Waals surface area contributed by atoms with Crippen molar-refractivity contribution in [3.8, 4) is 12.3 Å². The van der Waals surface area contributed by atoms with Crippen molar-refractivity contribution in [2.24, 2.45) is 10.2 Å². The molecular weight excluding hydrogens is 286 g/mol. The Morgan fingerprint density at radius 2 is 2.17 bits per heavy atom. The van der Waals surface area contributed by atoms with Crippen molar-refractivity contribution in [2.45, 2.75) is 56.5 Å². The van der Waals surface area contributed by atoms with Crippen LogP contribution in [0.15, 0.2) is 34.5 Å². The summed E-state index contributed by atoms with van der Waals surface area (Å²) in [5.74, 6) is 3.44. The zero-order valence-corrected chi connectivity index (χ0v) is 13.4. The molecule has 0 bridgehead atoms. The predicted octanol–water partition coefficient (Wildman–Crippen LogP) is 3.58. The standard InChI is InChI=1S/C19H23N3O/c1-2-3-11-19(21-22-19)12-9-18(23)20-13-10-15-5-4-6-17(14-15)16-7-8-16/h1,4-6,14,16H,3,7-13H2,(H,20,23). The van der Waals surface area contributed by atoms with Gasteiger partial charge < -0.3 is 5.32 Å². The van der Waals surface area contributed by atoms with Crippen molar-refractivity contribution in [3.63, 3.8) is 0 Å². The van der Waals surface area contributed by atoms with Gasteiger partial charge in [-0.1, -0.05) is 24.3 Å². The molecule has 0 aromatic heterocycles. The van der Waals surface area contributed by atoms with E-state index in [0.717, 1.165) is 18.8 Å². The Bertz CT molecular complexity index is 634. The SMILES string of the molecule is C#CCCC1(CCC(=O)NCCc2cccc(C3CC3)c2)N=N1. The largest absolute Gasteiger partial charge is 0.356 e. The van der Waals surface area contributed by atoms with E-state index in [0.29, 0.717) is 25.8 Å². The summed E-state index contributed by atoms with van der Waals surface area (Å²) in [7, 11) is 0. The normalized spacial score (nSPS) is 17.5. The molecule has 1 aromatic carbocycles. The third kappa shape index (κ3) is 4.66. The van der Waals surface area contributed by atoms with Crippen molar-refractivity contribution in [3.05, 3.63) is 35.4 Å². The average molecular weight is 309 g/mol. The lowest BCUT2D eigenvalue weighted by molar-refractivity contribution is -0.121. The summed E-state index contributed by atoms with van der Waals surface area (Å²) < 4.78 is 0. The van der Waals surface area contributed by atoms with Crippen LogP contribution < -0.4 is 5.32 Å². The molecule has 1 aliphatic heterocycles. The van der Waals surface area contributed by atoms with Crippen LogP contribution in [-0.2, 0) is 11.2 Å². The van der Waals surface area contributed by atoms with Crippen LogP contribution in [0.3, 0.4) is 0 Å². The van der Waals surface area contributed by atoms with E-state index in [1.807, 2.05) is 0 Å². The lowest BCUT2D eigenvalue weighted by atomic mass is 10.0. The molecule has 1 fully saturated rings. The molecular formula is C19H23N3O. The minimum Gasteiger partial charge on any atom is -0.356 e. The van der Waals surface area contributed by atoms with Gasteiger partial charge in [0.05, 0.1) is 0 Å². The van der Waals surface area contributed by atoms with Crippen LogP contribution in [-0.4, -0.2) is 18.1 Å². The van der Waals surface area contributed by atoms with Crippen molar-refractivity contribution in [1.82, 2.24) is 5.32 Å². The Balaban J connectivity index is 1.35. The molecule has 0 saturated heterocycles. The van der Waals surface area contributed by atoms with Gasteiger partial charge >= 0.3 is 0 Å². The highest BCUT2D eigenvalue weighted by Gasteiger charge is 2.39. The maximum Gasteiger partial charge on any atom is 0.220 e. The minimum atomic E-state index is -0.359. The second kappa shape index (κ2) is 6.95. The predicted molar refractivity (Wildman–Crippen MR) is 90.0 cm³/mol. The monoisotopic (exact) mass is 309 g/mol. The molecule has 0 atom stereocenters. The molecule has 4 nitrogen and oxygen atoms in total. The molecule has 0 spiro atoms. The average Bonchev–Trinajstić information content (AvgIpc) is 3.47. The molecule has 1 aliphatic carbocycles. The minimum absolute atomic E-state index is 0.0701. The summed E-state index contributed by atoms with van der Waals surface area (Å²) in [6.45, 7) is 0.679. The number of nitrogens with one attached hydrogen (secondary N) is 1. The summed E-state index contributed by atoms with van der Waals surface area (Å²) in [6.07, 6.45) is 11.3. The molecule has 1 saturated carbocycles. The van der Waals surface area contributed by atoms with Gasteiger partial charge in [-0.05, 0) is 36.3 Å². The third-order valence-corrected chi connectivity index (χ3v) is 4.54. The summed E-state index contributed by atoms with van der Waals surface area (Å²) in [5, 5.41) is 11.1. The fourth-order valence-electron chi connectivity index (χ4n) is 2.84. The Morgan fingerprint density at radius 1 is 1.35 bits per heavy atom. The molecule has 23 heavy (non-hydrogen) atoms. The number of carbonyl (C=O) groups is 1. The zero-order chi connectivity index (χ0) is 16.1. The van der Waals surface area contributed by atoms with E-state index >= 15 is 0 Å². The first-order valence-corrected chi connectivity index (χ1v) is 8.44. The quantitative estimate of drug-likeness (QED) is 0.696. The number of hydrogen-bond donors (Lipinski definition) is 1. The van der Waals surface area contributed by atoms with Gasteiger partial charge in [0.25, 0.3) is 0 Å². The van der Waals surface area contributed by atoms with Gasteiger partial charge in [-0.25, -0.2) is 0 Å². The van der Waals surface area contributed by atoms with Crippen LogP contribution in [0.1, 0.15) is 55.6 Å². The summed E-state index contributed by atoms with van der Waals surface area (Å²) in [6, 6.07) is 8.74. The van der Waals surface area contributed by atoms with Gasteiger partial charge in [0.1, 0.15) is 0 Å². The highest BCUT2D eigenvalue weighted by Crippen LogP contribution is 2.40. The number of rotatable bonds is 9. The number of carbonyl (C=O) groups excluding carboxylic acids is 1. The first-order chi connectivity index (χ1) is 11.2. The maximum absolute atomic E-state index is 11.9. The molecule has 120 valence electrons. The molecule has 3 rings (SSSR count). The zero-order valence-electron chi connectivity index (χ0n) is 13.4. The van der Waals surface area contributed by atoms with Crippen LogP contribution in [0.4, 0.5) is 0 Å². The van der Waals surface area contributed by atoms with Gasteiger partial charge in [0.15, 0.2) is 5.66 Å². The smallest absolute Gasteiger partial charge is 0.220 e. The molecule has 0 unspecified atom stereocenters. The molecule has 0 radical (unpaired) electrons. The fraction of sp³-hybridized carbons (Fsp3) is 0.526. The molecule has 1 aromatic rings. The van der Waals surface area contributed by atoms with Gasteiger partial charge in [0.2, 0.25) is 5.91 Å². The summed E-state index contributed by atoms with van der Waals surface area (Å²) in [4.78, 5) is 11.9. The first-order valence-electron chi connectivity index (χ1n) is 8.44. The van der Waals surface area contributed by atoms with E-state index in [-0.39, 0.29) is 11.6 Å². The van der Waals surface area contributed by atoms with Gasteiger partial charge in [-0.3, -0.25) is 4.79 Å². The van der Waals surface area contributed by atoms with Crippen molar-refractivity contribution in [2.75, 3.05) is 6.54 Å². The molecule has 1 amide bonds. The second-order valence-electron chi connectivity index (χ2n) is 6.51. The van der Waals surface area contributed by atoms with E-state index in [9.17, 15) is 4.79 Å². The molecule has 1 N–H and O–H groups in total. The van der Waals surface area contributed by atoms with Crippen LogP contribution in [0.2, 0.25) is 0 Å². The van der Waals surface area contributed by atoms with E-state index in [2.05, 4.69) is 45.7 Å². The van der Waals surface area contributed by atoms with Crippen LogP contribution in [0.5, 0.6) is 0 Å². The van der Waals surface area contributed by atoms with E-state index in [1.54, 1.807) is 0 Å². The summed E-state index contributed by atoms with van der Waals surface area (Å²) >= 11 is 0. The first kappa shape index (κ1) is 15.7. The fourth-order valence-corrected chi connectivity index (χ4v) is 2.84. The lowest BCUT2D eigenvalue weighted by Crippen LogP contribution is -2.27. The van der Waals surface area contributed by atoms with E-state index in [4.69, 9.17) is 6.42 Å². The van der Waals surface area contributed by atoms with Crippen LogP contribution in [0.25, 0.3) is 0 Å². The number of benzene rings is 1. The Morgan fingerprint density at radius 3 is 2.87 bits per heavy atom. The van der Waals surface area contributed by atoms with Gasteiger partial charge in [-0.2, -0.15) is 10.2 Å². The Kier molecular flexibility index (Phi) is 4.76. The van der Waals surface area contributed by atoms with E-state index < -0.39 is 0 Å². The number of terminal acetylenes is 1. The van der Waals surface area contributed by atoms with E-state index in [1.165, 1.54) is 24.0 Å². The Labute approximate surface area is 137 Å². The van der Waals surface area contributed by atoms with Crippen LogP contribution in [0, 0.1) is 12.3 Å². The molecule has 4 heteroatoms. The van der Waals surface area contributed by atoms with Gasteiger partial charge in [0, 0.05) is 32.2 Å². The lowest BCUT2D eigenvalue weighted by Gasteiger charge is -2.09. The summed E-state index contributed by atoms with van der Waals surface area (Å²) in [5.41, 5.74) is 2.39. The van der Waals surface area contributed by atoms with Crippen molar-refractivity contribution >= 4 is 5.91 Å². The number of hydrogen-bond acceptors (Lipinski definition) is 3.